The summed E-state index contributed by atoms with van der Waals surface area (Å²) in [5.41, 5.74) is 4.99. The van der Waals surface area contributed by atoms with E-state index in [-0.39, 0.29) is 22.9 Å². The average Bonchev–Trinajstić information content (AvgIpc) is 2.53. The zero-order valence-electron chi connectivity index (χ0n) is 13.3. The summed E-state index contributed by atoms with van der Waals surface area (Å²) in [5.74, 6) is -0.661. The molecule has 0 radical (unpaired) electrons. The number of primary amides is 1. The highest BCUT2D eigenvalue weighted by Gasteiger charge is 2.19. The molecule has 0 saturated carbocycles. The van der Waals surface area contributed by atoms with Gasteiger partial charge in [0.2, 0.25) is 11.8 Å². The van der Waals surface area contributed by atoms with Crippen molar-refractivity contribution in [3.05, 3.63) is 33.9 Å². The molecule has 1 aromatic rings. The first kappa shape index (κ1) is 19.0. The fourth-order valence-electron chi connectivity index (χ4n) is 1.97. The summed E-state index contributed by atoms with van der Waals surface area (Å²) >= 11 is 1.10. The summed E-state index contributed by atoms with van der Waals surface area (Å²) in [7, 11) is 0. The number of nitrogens with zero attached hydrogens (tertiary/aromatic N) is 2. The van der Waals surface area contributed by atoms with Crippen LogP contribution in [-0.2, 0) is 4.79 Å². The van der Waals surface area contributed by atoms with Crippen LogP contribution < -0.4 is 5.73 Å². The Morgan fingerprint density at radius 1 is 1.35 bits per heavy atom. The molecule has 23 heavy (non-hydrogen) atoms. The molecule has 8 heteroatoms. The van der Waals surface area contributed by atoms with E-state index >= 15 is 0 Å². The van der Waals surface area contributed by atoms with Gasteiger partial charge in [0.1, 0.15) is 0 Å². The highest BCUT2D eigenvalue weighted by molar-refractivity contribution is 8.00. The van der Waals surface area contributed by atoms with Gasteiger partial charge in [0, 0.05) is 24.7 Å². The van der Waals surface area contributed by atoms with Crippen LogP contribution in [-0.4, -0.2) is 40.5 Å². The standard InChI is InChI=1S/C15H21N3O4S/c1-3-5-8-17(4-2)14(19)10-23-13-7-6-11(15(16)20)9-12(13)18(21)22/h6-7,9H,3-5,8,10H2,1-2H3,(H2,16,20). The van der Waals surface area contributed by atoms with E-state index in [4.69, 9.17) is 5.73 Å². The maximum absolute atomic E-state index is 12.2. The zero-order valence-corrected chi connectivity index (χ0v) is 14.1. The van der Waals surface area contributed by atoms with Gasteiger partial charge in [-0.25, -0.2) is 0 Å². The van der Waals surface area contributed by atoms with Gasteiger partial charge in [0.05, 0.1) is 15.6 Å². The number of unbranched alkanes of at least 4 members (excludes halogenated alkanes) is 1. The molecule has 0 aliphatic rings. The Hall–Kier alpha value is -2.09. The smallest absolute Gasteiger partial charge is 0.283 e. The SMILES string of the molecule is CCCCN(CC)C(=O)CSc1ccc(C(N)=O)cc1[N+](=O)[O-]. The van der Waals surface area contributed by atoms with Crippen LogP contribution in [0.1, 0.15) is 37.0 Å². The lowest BCUT2D eigenvalue weighted by molar-refractivity contribution is -0.387. The summed E-state index contributed by atoms with van der Waals surface area (Å²) in [6.45, 7) is 5.26. The van der Waals surface area contributed by atoms with Gasteiger partial charge in [-0.1, -0.05) is 13.3 Å². The van der Waals surface area contributed by atoms with E-state index in [1.165, 1.54) is 12.1 Å². The number of hydrogen-bond acceptors (Lipinski definition) is 5. The molecule has 1 aromatic carbocycles. The Balaban J connectivity index is 2.82. The first-order chi connectivity index (χ1) is 10.9. The average molecular weight is 339 g/mol. The molecule has 126 valence electrons. The van der Waals surface area contributed by atoms with Crippen molar-refractivity contribution in [3.63, 3.8) is 0 Å². The summed E-state index contributed by atoms with van der Waals surface area (Å²) in [4.78, 5) is 35.9. The number of rotatable bonds is 9. The minimum Gasteiger partial charge on any atom is -0.366 e. The number of nitrogens with two attached hydrogens (primary N) is 1. The van der Waals surface area contributed by atoms with Crippen molar-refractivity contribution < 1.29 is 14.5 Å². The van der Waals surface area contributed by atoms with Crippen molar-refractivity contribution in [1.29, 1.82) is 0 Å². The van der Waals surface area contributed by atoms with Crippen LogP contribution in [0.5, 0.6) is 0 Å². The Kier molecular flexibility index (Phi) is 7.53. The second kappa shape index (κ2) is 9.14. The minimum atomic E-state index is -0.725. The van der Waals surface area contributed by atoms with E-state index in [0.717, 1.165) is 30.7 Å². The third-order valence-corrected chi connectivity index (χ3v) is 4.35. The molecular formula is C15H21N3O4S. The van der Waals surface area contributed by atoms with Gasteiger partial charge in [-0.05, 0) is 25.5 Å². The Labute approximate surface area is 139 Å². The molecule has 0 saturated heterocycles. The van der Waals surface area contributed by atoms with E-state index in [1.807, 2.05) is 6.92 Å². The monoisotopic (exact) mass is 339 g/mol. The number of nitro groups is 1. The van der Waals surface area contributed by atoms with Crippen molar-refractivity contribution >= 4 is 29.3 Å². The molecule has 0 aliphatic heterocycles. The van der Waals surface area contributed by atoms with E-state index in [0.29, 0.717) is 18.0 Å². The molecule has 0 spiro atoms. The summed E-state index contributed by atoms with van der Waals surface area (Å²) in [6.07, 6.45) is 1.93. The van der Waals surface area contributed by atoms with E-state index in [1.54, 1.807) is 4.90 Å². The minimum absolute atomic E-state index is 0.0563. The van der Waals surface area contributed by atoms with Gasteiger partial charge in [0.15, 0.2) is 0 Å². The molecule has 0 fully saturated rings. The molecule has 0 unspecified atom stereocenters. The maximum atomic E-state index is 12.2. The van der Waals surface area contributed by atoms with Gasteiger partial charge in [-0.15, -0.1) is 11.8 Å². The molecular weight excluding hydrogens is 318 g/mol. The maximum Gasteiger partial charge on any atom is 0.283 e. The second-order valence-electron chi connectivity index (χ2n) is 4.92. The number of benzene rings is 1. The van der Waals surface area contributed by atoms with E-state index in [9.17, 15) is 19.7 Å². The molecule has 0 aliphatic carbocycles. The van der Waals surface area contributed by atoms with Gasteiger partial charge in [-0.2, -0.15) is 0 Å². The van der Waals surface area contributed by atoms with E-state index < -0.39 is 10.8 Å². The van der Waals surface area contributed by atoms with Crippen LogP contribution in [0, 0.1) is 10.1 Å². The molecule has 7 nitrogen and oxygen atoms in total. The molecule has 2 amide bonds. The van der Waals surface area contributed by atoms with Crippen molar-refractivity contribution in [2.45, 2.75) is 31.6 Å². The highest BCUT2D eigenvalue weighted by Crippen LogP contribution is 2.30. The molecule has 0 heterocycles. The predicted molar refractivity (Wildman–Crippen MR) is 89.5 cm³/mol. The summed E-state index contributed by atoms with van der Waals surface area (Å²) in [6, 6.07) is 4.03. The zero-order chi connectivity index (χ0) is 17.4. The van der Waals surface area contributed by atoms with Crippen LogP contribution in [0.2, 0.25) is 0 Å². The number of carbonyl (C=O) groups excluding carboxylic acids is 2. The van der Waals surface area contributed by atoms with Gasteiger partial charge < -0.3 is 10.6 Å². The van der Waals surface area contributed by atoms with Crippen molar-refractivity contribution in [2.24, 2.45) is 5.73 Å². The Morgan fingerprint density at radius 3 is 2.57 bits per heavy atom. The third-order valence-electron chi connectivity index (χ3n) is 3.31. The van der Waals surface area contributed by atoms with Crippen LogP contribution in [0.3, 0.4) is 0 Å². The molecule has 2 N–H and O–H groups in total. The first-order valence-corrected chi connectivity index (χ1v) is 8.38. The Bertz CT molecular complexity index is 592. The number of hydrogen-bond donors (Lipinski definition) is 1. The lowest BCUT2D eigenvalue weighted by Gasteiger charge is -2.20. The fourth-order valence-corrected chi connectivity index (χ4v) is 2.88. The lowest BCUT2D eigenvalue weighted by atomic mass is 10.2. The van der Waals surface area contributed by atoms with Gasteiger partial charge in [0.25, 0.3) is 5.69 Å². The largest absolute Gasteiger partial charge is 0.366 e. The normalized spacial score (nSPS) is 10.3. The third kappa shape index (κ3) is 5.55. The number of nitro benzene ring substituents is 1. The van der Waals surface area contributed by atoms with Crippen molar-refractivity contribution in [3.8, 4) is 0 Å². The van der Waals surface area contributed by atoms with Crippen molar-refractivity contribution in [1.82, 2.24) is 4.90 Å². The van der Waals surface area contributed by atoms with Gasteiger partial charge in [-0.3, -0.25) is 19.7 Å². The van der Waals surface area contributed by atoms with Crippen LogP contribution >= 0.6 is 11.8 Å². The summed E-state index contributed by atoms with van der Waals surface area (Å²) in [5, 5.41) is 11.1. The van der Waals surface area contributed by atoms with Crippen LogP contribution in [0.25, 0.3) is 0 Å². The topological polar surface area (TPSA) is 107 Å². The molecule has 0 bridgehead atoms. The number of thioether (sulfide) groups is 1. The molecule has 0 aromatic heterocycles. The quantitative estimate of drug-likeness (QED) is 0.422. The number of carbonyl (C=O) groups is 2. The second-order valence-corrected chi connectivity index (χ2v) is 5.94. The Morgan fingerprint density at radius 2 is 2.04 bits per heavy atom. The van der Waals surface area contributed by atoms with Crippen LogP contribution in [0.4, 0.5) is 5.69 Å². The molecule has 1 rings (SSSR count). The lowest BCUT2D eigenvalue weighted by Crippen LogP contribution is -2.33. The summed E-state index contributed by atoms with van der Waals surface area (Å²) < 4.78 is 0. The number of amides is 2. The van der Waals surface area contributed by atoms with Crippen LogP contribution in [0.15, 0.2) is 23.1 Å². The fraction of sp³-hybridized carbons (Fsp3) is 0.467. The predicted octanol–water partition coefficient (Wildman–Crippen LogP) is 2.43. The highest BCUT2D eigenvalue weighted by atomic mass is 32.2. The van der Waals surface area contributed by atoms with E-state index in [2.05, 4.69) is 6.92 Å². The van der Waals surface area contributed by atoms with Gasteiger partial charge >= 0.3 is 0 Å². The first-order valence-electron chi connectivity index (χ1n) is 7.39. The molecule has 0 atom stereocenters. The van der Waals surface area contributed by atoms with Crippen molar-refractivity contribution in [2.75, 3.05) is 18.8 Å².